The molecule has 0 aromatic carbocycles. The van der Waals surface area contributed by atoms with Crippen molar-refractivity contribution < 1.29 is 14.9 Å². The molecule has 2 N–H and O–H groups in total. The maximum Gasteiger partial charge on any atom is 0.213 e. The first kappa shape index (κ1) is 10.8. The molecule has 0 aliphatic rings. The Morgan fingerprint density at radius 1 is 1.44 bits per heavy atom. The summed E-state index contributed by atoms with van der Waals surface area (Å²) in [6, 6.07) is 5.19. The van der Waals surface area contributed by atoms with Crippen LogP contribution in [0, 0.1) is 0 Å². The third kappa shape index (κ3) is 1.81. The van der Waals surface area contributed by atoms with E-state index in [2.05, 4.69) is 4.98 Å². The summed E-state index contributed by atoms with van der Waals surface area (Å²) in [5.74, 6) is 0.677. The summed E-state index contributed by atoms with van der Waals surface area (Å²) < 4.78 is 6.73. The average molecular weight is 222 g/mol. The quantitative estimate of drug-likeness (QED) is 0.813. The number of aliphatic hydroxyl groups excluding tert-OH is 1. The van der Waals surface area contributed by atoms with E-state index in [1.54, 1.807) is 23.8 Å². The van der Waals surface area contributed by atoms with Gasteiger partial charge in [0.25, 0.3) is 0 Å². The molecule has 86 valence electrons. The Bertz CT molecular complexity index is 493. The van der Waals surface area contributed by atoms with Crippen molar-refractivity contribution in [3.8, 4) is 11.8 Å². The zero-order valence-corrected chi connectivity index (χ0v) is 9.05. The molecule has 2 rings (SSSR count). The molecular formula is C11H14N2O3. The lowest BCUT2D eigenvalue weighted by molar-refractivity contribution is 0.277. The molecule has 0 spiro atoms. The zero-order chi connectivity index (χ0) is 11.5. The van der Waals surface area contributed by atoms with E-state index in [9.17, 15) is 5.11 Å². The summed E-state index contributed by atoms with van der Waals surface area (Å²) in [4.78, 5) is 4.22. The highest BCUT2D eigenvalue weighted by atomic mass is 16.5. The minimum Gasteiger partial charge on any atom is -0.494 e. The van der Waals surface area contributed by atoms with E-state index in [-0.39, 0.29) is 12.5 Å². The zero-order valence-electron chi connectivity index (χ0n) is 9.05. The van der Waals surface area contributed by atoms with Gasteiger partial charge in [-0.3, -0.25) is 0 Å². The fourth-order valence-electron chi connectivity index (χ4n) is 1.68. The number of pyridine rings is 1. The lowest BCUT2D eigenvalue weighted by Crippen LogP contribution is -1.99. The number of methoxy groups -OCH3 is 1. The van der Waals surface area contributed by atoms with Gasteiger partial charge in [-0.1, -0.05) is 0 Å². The van der Waals surface area contributed by atoms with Crippen LogP contribution in [0.25, 0.3) is 11.0 Å². The van der Waals surface area contributed by atoms with Gasteiger partial charge in [0.2, 0.25) is 5.88 Å². The summed E-state index contributed by atoms with van der Waals surface area (Å²) in [6.07, 6.45) is 0.601. The number of hydrogen-bond acceptors (Lipinski definition) is 4. The summed E-state index contributed by atoms with van der Waals surface area (Å²) >= 11 is 0. The van der Waals surface area contributed by atoms with Crippen molar-refractivity contribution in [1.82, 2.24) is 9.55 Å². The Morgan fingerprint density at radius 3 is 2.94 bits per heavy atom. The van der Waals surface area contributed by atoms with Crippen LogP contribution in [-0.2, 0) is 6.54 Å². The van der Waals surface area contributed by atoms with E-state index in [0.29, 0.717) is 24.4 Å². The Hall–Kier alpha value is -1.75. The molecule has 0 radical (unpaired) electrons. The third-order valence-corrected chi connectivity index (χ3v) is 2.46. The molecule has 2 heterocycles. The molecule has 2 aromatic heterocycles. The first-order chi connectivity index (χ1) is 7.76. The van der Waals surface area contributed by atoms with E-state index >= 15 is 0 Å². The number of fused-ring (bicyclic) bond motifs is 1. The molecule has 5 heteroatoms. The van der Waals surface area contributed by atoms with E-state index in [1.807, 2.05) is 6.07 Å². The molecule has 0 fully saturated rings. The van der Waals surface area contributed by atoms with Gasteiger partial charge in [0.15, 0.2) is 5.88 Å². The Kier molecular flexibility index (Phi) is 2.96. The number of ether oxygens (including phenoxy) is 1. The van der Waals surface area contributed by atoms with Gasteiger partial charge in [0.05, 0.1) is 18.1 Å². The number of hydrogen-bond donors (Lipinski definition) is 2. The Morgan fingerprint density at radius 2 is 2.25 bits per heavy atom. The van der Waals surface area contributed by atoms with Gasteiger partial charge in [0, 0.05) is 25.3 Å². The van der Waals surface area contributed by atoms with Gasteiger partial charge in [-0.05, 0) is 12.5 Å². The molecular weight excluding hydrogens is 208 g/mol. The fourth-order valence-corrected chi connectivity index (χ4v) is 1.68. The van der Waals surface area contributed by atoms with E-state index < -0.39 is 0 Å². The number of aromatic nitrogens is 2. The number of aryl methyl sites for hydroxylation is 1. The van der Waals surface area contributed by atoms with Crippen molar-refractivity contribution in [1.29, 1.82) is 0 Å². The van der Waals surface area contributed by atoms with E-state index in [0.717, 1.165) is 5.52 Å². The molecule has 0 saturated carbocycles. The third-order valence-electron chi connectivity index (χ3n) is 2.46. The molecule has 0 atom stereocenters. The second-order valence-corrected chi connectivity index (χ2v) is 3.49. The van der Waals surface area contributed by atoms with E-state index in [1.165, 1.54) is 0 Å². The van der Waals surface area contributed by atoms with Crippen LogP contribution < -0.4 is 4.74 Å². The normalized spacial score (nSPS) is 10.9. The van der Waals surface area contributed by atoms with Gasteiger partial charge in [-0.25, -0.2) is 4.98 Å². The summed E-state index contributed by atoms with van der Waals surface area (Å²) in [5, 5.41) is 18.5. The van der Waals surface area contributed by atoms with Crippen LogP contribution in [0.15, 0.2) is 18.2 Å². The first-order valence-electron chi connectivity index (χ1n) is 5.10. The van der Waals surface area contributed by atoms with E-state index in [4.69, 9.17) is 9.84 Å². The second kappa shape index (κ2) is 4.40. The summed E-state index contributed by atoms with van der Waals surface area (Å²) in [5.41, 5.74) is 1.53. The molecule has 0 unspecified atom stereocenters. The molecule has 5 nitrogen and oxygen atoms in total. The van der Waals surface area contributed by atoms with Crippen LogP contribution >= 0.6 is 0 Å². The summed E-state index contributed by atoms with van der Waals surface area (Å²) in [6.45, 7) is 0.669. The predicted molar refractivity (Wildman–Crippen MR) is 59.7 cm³/mol. The molecule has 0 aliphatic heterocycles. The van der Waals surface area contributed by atoms with Crippen LogP contribution in [0.2, 0.25) is 0 Å². The van der Waals surface area contributed by atoms with Crippen LogP contribution in [0.1, 0.15) is 6.42 Å². The second-order valence-electron chi connectivity index (χ2n) is 3.49. The fraction of sp³-hybridized carbons (Fsp3) is 0.364. The highest BCUT2D eigenvalue weighted by Crippen LogP contribution is 2.25. The molecule has 16 heavy (non-hydrogen) atoms. The maximum atomic E-state index is 9.73. The summed E-state index contributed by atoms with van der Waals surface area (Å²) in [7, 11) is 1.55. The Balaban J connectivity index is 2.45. The topological polar surface area (TPSA) is 67.5 Å². The van der Waals surface area contributed by atoms with Gasteiger partial charge in [-0.15, -0.1) is 0 Å². The molecule has 0 saturated heterocycles. The van der Waals surface area contributed by atoms with Crippen LogP contribution in [-0.4, -0.2) is 33.5 Å². The SMILES string of the molecule is COc1ccc2c(cc(O)n2CCCO)n1. The Labute approximate surface area is 92.9 Å². The van der Waals surface area contributed by atoms with Gasteiger partial charge >= 0.3 is 0 Å². The smallest absolute Gasteiger partial charge is 0.213 e. The van der Waals surface area contributed by atoms with Crippen molar-refractivity contribution >= 4 is 11.0 Å². The van der Waals surface area contributed by atoms with Crippen molar-refractivity contribution in [2.24, 2.45) is 0 Å². The highest BCUT2D eigenvalue weighted by molar-refractivity contribution is 5.78. The molecule has 0 amide bonds. The molecule has 2 aromatic rings. The van der Waals surface area contributed by atoms with Crippen molar-refractivity contribution in [3.63, 3.8) is 0 Å². The van der Waals surface area contributed by atoms with Gasteiger partial charge in [-0.2, -0.15) is 0 Å². The minimum atomic E-state index is 0.0999. The van der Waals surface area contributed by atoms with Gasteiger partial charge in [0.1, 0.15) is 0 Å². The number of rotatable bonds is 4. The van der Waals surface area contributed by atoms with Crippen molar-refractivity contribution in [2.75, 3.05) is 13.7 Å². The highest BCUT2D eigenvalue weighted by Gasteiger charge is 2.09. The predicted octanol–water partition coefficient (Wildman–Crippen LogP) is 1.13. The number of nitrogens with zero attached hydrogens (tertiary/aromatic N) is 2. The minimum absolute atomic E-state index is 0.0999. The van der Waals surface area contributed by atoms with Crippen LogP contribution in [0.5, 0.6) is 11.8 Å². The van der Waals surface area contributed by atoms with Crippen LogP contribution in [0.3, 0.4) is 0 Å². The van der Waals surface area contributed by atoms with Crippen molar-refractivity contribution in [2.45, 2.75) is 13.0 Å². The standard InChI is InChI=1S/C11H14N2O3/c1-16-10-4-3-9-8(12-10)7-11(15)13(9)5-2-6-14/h3-4,7,14-15H,2,5-6H2,1H3. The lowest BCUT2D eigenvalue weighted by atomic mass is 10.3. The van der Waals surface area contributed by atoms with Crippen molar-refractivity contribution in [3.05, 3.63) is 18.2 Å². The monoisotopic (exact) mass is 222 g/mol. The molecule has 0 bridgehead atoms. The maximum absolute atomic E-state index is 9.73. The first-order valence-corrected chi connectivity index (χ1v) is 5.10. The van der Waals surface area contributed by atoms with Gasteiger partial charge < -0.3 is 19.5 Å². The van der Waals surface area contributed by atoms with Crippen LogP contribution in [0.4, 0.5) is 0 Å². The largest absolute Gasteiger partial charge is 0.494 e. The number of aliphatic hydroxyl groups is 1. The number of aromatic hydroxyl groups is 1. The lowest BCUT2D eigenvalue weighted by Gasteiger charge is -2.05. The molecule has 0 aliphatic carbocycles. The average Bonchev–Trinajstić information content (AvgIpc) is 2.61.